The van der Waals surface area contributed by atoms with E-state index in [2.05, 4.69) is 27.4 Å². The summed E-state index contributed by atoms with van der Waals surface area (Å²) >= 11 is 0. The first kappa shape index (κ1) is 17.7. The van der Waals surface area contributed by atoms with Gasteiger partial charge in [-0.05, 0) is 38.6 Å². The van der Waals surface area contributed by atoms with E-state index < -0.39 is 0 Å². The van der Waals surface area contributed by atoms with E-state index in [9.17, 15) is 0 Å². The van der Waals surface area contributed by atoms with Gasteiger partial charge in [-0.25, -0.2) is 0 Å². The van der Waals surface area contributed by atoms with Gasteiger partial charge in [0.15, 0.2) is 11.9 Å². The van der Waals surface area contributed by atoms with Crippen molar-refractivity contribution in [2.75, 3.05) is 26.7 Å². The number of halogens is 1. The van der Waals surface area contributed by atoms with Gasteiger partial charge in [0.25, 0.3) is 5.89 Å². The van der Waals surface area contributed by atoms with Crippen molar-refractivity contribution >= 4 is 12.4 Å². The van der Waals surface area contributed by atoms with Crippen LogP contribution in [0, 0.1) is 6.92 Å². The van der Waals surface area contributed by atoms with Crippen LogP contribution in [0.4, 0.5) is 0 Å². The van der Waals surface area contributed by atoms with Crippen molar-refractivity contribution in [1.82, 2.24) is 20.4 Å². The van der Waals surface area contributed by atoms with E-state index in [1.165, 1.54) is 0 Å². The molecule has 7 heteroatoms. The molecule has 2 aromatic rings. The Morgan fingerprint density at radius 3 is 3.00 bits per heavy atom. The van der Waals surface area contributed by atoms with Gasteiger partial charge in [0, 0.05) is 19.6 Å². The summed E-state index contributed by atoms with van der Waals surface area (Å²) in [6.07, 6.45) is -0.273. The Kier molecular flexibility index (Phi) is 5.98. The summed E-state index contributed by atoms with van der Waals surface area (Å²) in [4.78, 5) is 6.75. The average molecular weight is 339 g/mol. The number of aromatic nitrogens is 2. The number of rotatable bonds is 4. The molecule has 1 aromatic heterocycles. The minimum absolute atomic E-state index is 0. The van der Waals surface area contributed by atoms with E-state index in [0.717, 1.165) is 30.9 Å². The summed E-state index contributed by atoms with van der Waals surface area (Å²) in [5, 5.41) is 7.48. The van der Waals surface area contributed by atoms with E-state index in [4.69, 9.17) is 9.26 Å². The van der Waals surface area contributed by atoms with Gasteiger partial charge >= 0.3 is 0 Å². The molecule has 126 valence electrons. The molecule has 1 N–H and O–H groups in total. The van der Waals surface area contributed by atoms with Crippen LogP contribution in [0.15, 0.2) is 28.8 Å². The molecule has 2 unspecified atom stereocenters. The maximum atomic E-state index is 5.88. The van der Waals surface area contributed by atoms with Crippen LogP contribution in [0.3, 0.4) is 0 Å². The second kappa shape index (κ2) is 7.77. The average Bonchev–Trinajstić information content (AvgIpc) is 2.97. The lowest BCUT2D eigenvalue weighted by atomic mass is 10.2. The molecular formula is C16H23ClN4O2. The molecule has 3 rings (SSSR count). The smallest absolute Gasteiger partial charge is 0.267 e. The first-order valence-corrected chi connectivity index (χ1v) is 7.61. The Bertz CT molecular complexity index is 634. The lowest BCUT2D eigenvalue weighted by molar-refractivity contribution is 0.173. The molecule has 1 aliphatic heterocycles. The predicted molar refractivity (Wildman–Crippen MR) is 90.0 cm³/mol. The van der Waals surface area contributed by atoms with Crippen molar-refractivity contribution in [2.24, 2.45) is 0 Å². The minimum atomic E-state index is -0.273. The Hall–Kier alpha value is -1.63. The van der Waals surface area contributed by atoms with Crippen LogP contribution in [0.2, 0.25) is 0 Å². The molecule has 0 radical (unpaired) electrons. The monoisotopic (exact) mass is 338 g/mol. The third-order valence-corrected chi connectivity index (χ3v) is 3.92. The highest BCUT2D eigenvalue weighted by Crippen LogP contribution is 2.24. The fourth-order valence-corrected chi connectivity index (χ4v) is 2.59. The number of piperazine rings is 1. The van der Waals surface area contributed by atoms with Gasteiger partial charge in [-0.15, -0.1) is 12.4 Å². The van der Waals surface area contributed by atoms with Crippen LogP contribution in [0.25, 0.3) is 0 Å². The van der Waals surface area contributed by atoms with Gasteiger partial charge in [-0.2, -0.15) is 4.98 Å². The number of ether oxygens (including phenoxy) is 1. The molecule has 1 aliphatic rings. The predicted octanol–water partition coefficient (Wildman–Crippen LogP) is 2.52. The molecule has 0 spiro atoms. The Labute approximate surface area is 142 Å². The van der Waals surface area contributed by atoms with E-state index in [-0.39, 0.29) is 24.6 Å². The molecule has 2 heterocycles. The normalized spacial score (nSPS) is 19.9. The van der Waals surface area contributed by atoms with Crippen molar-refractivity contribution < 1.29 is 9.26 Å². The van der Waals surface area contributed by atoms with Crippen LogP contribution < -0.4 is 10.1 Å². The molecule has 1 fully saturated rings. The molecule has 6 nitrogen and oxygen atoms in total. The summed E-state index contributed by atoms with van der Waals surface area (Å²) in [6, 6.07) is 8.08. The first-order valence-electron chi connectivity index (χ1n) is 7.61. The number of hydrogen-bond acceptors (Lipinski definition) is 6. The number of nitrogens with zero attached hydrogens (tertiary/aromatic N) is 3. The van der Waals surface area contributed by atoms with Gasteiger partial charge in [-0.1, -0.05) is 17.3 Å². The first-order chi connectivity index (χ1) is 10.6. The fourth-order valence-electron chi connectivity index (χ4n) is 2.59. The Morgan fingerprint density at radius 1 is 1.43 bits per heavy atom. The van der Waals surface area contributed by atoms with Crippen LogP contribution in [0.1, 0.15) is 36.3 Å². The van der Waals surface area contributed by atoms with Crippen molar-refractivity contribution in [3.05, 3.63) is 41.5 Å². The van der Waals surface area contributed by atoms with Gasteiger partial charge < -0.3 is 14.6 Å². The number of hydrogen-bond donors (Lipinski definition) is 1. The summed E-state index contributed by atoms with van der Waals surface area (Å²) in [5.41, 5.74) is 1.16. The zero-order valence-electron chi connectivity index (χ0n) is 13.7. The summed E-state index contributed by atoms with van der Waals surface area (Å²) < 4.78 is 11.3. The molecule has 0 bridgehead atoms. The largest absolute Gasteiger partial charge is 0.481 e. The lowest BCUT2D eigenvalue weighted by Crippen LogP contribution is -2.44. The Balaban J connectivity index is 0.00000192. The molecule has 2 atom stereocenters. The SMILES string of the molecule is Cc1cccc(OC(C)c2nc(C3CNCCN3C)no2)c1.Cl. The maximum absolute atomic E-state index is 5.88. The summed E-state index contributed by atoms with van der Waals surface area (Å²) in [6.45, 7) is 6.76. The van der Waals surface area contributed by atoms with Crippen LogP contribution in [-0.2, 0) is 0 Å². The van der Waals surface area contributed by atoms with Crippen molar-refractivity contribution in [1.29, 1.82) is 0 Å². The van der Waals surface area contributed by atoms with Gasteiger partial charge in [0.1, 0.15) is 5.75 Å². The molecule has 0 amide bonds. The molecule has 1 saturated heterocycles. The summed E-state index contributed by atoms with van der Waals surface area (Å²) in [5.74, 6) is 2.03. The zero-order chi connectivity index (χ0) is 15.5. The number of likely N-dealkylation sites (N-methyl/N-ethyl adjacent to an activating group) is 1. The van der Waals surface area contributed by atoms with Crippen LogP contribution in [-0.4, -0.2) is 41.7 Å². The summed E-state index contributed by atoms with van der Waals surface area (Å²) in [7, 11) is 2.08. The highest BCUT2D eigenvalue weighted by Gasteiger charge is 2.26. The number of benzene rings is 1. The van der Waals surface area contributed by atoms with E-state index in [0.29, 0.717) is 11.7 Å². The number of nitrogens with one attached hydrogen (secondary N) is 1. The van der Waals surface area contributed by atoms with Crippen LogP contribution >= 0.6 is 12.4 Å². The molecule has 1 aromatic carbocycles. The molecule has 0 aliphatic carbocycles. The lowest BCUT2D eigenvalue weighted by Gasteiger charge is -2.30. The standard InChI is InChI=1S/C16H22N4O2.ClH/c1-11-5-4-6-13(9-11)21-12(2)16-18-15(19-22-16)14-10-17-7-8-20(14)3;/h4-6,9,12,14,17H,7-8,10H2,1-3H3;1H. The third-order valence-electron chi connectivity index (χ3n) is 3.92. The van der Waals surface area contributed by atoms with E-state index in [1.54, 1.807) is 0 Å². The van der Waals surface area contributed by atoms with Crippen molar-refractivity contribution in [2.45, 2.75) is 26.0 Å². The molecule has 23 heavy (non-hydrogen) atoms. The second-order valence-corrected chi connectivity index (χ2v) is 5.77. The van der Waals surface area contributed by atoms with Gasteiger partial charge in [0.2, 0.25) is 0 Å². The number of aryl methyl sites for hydroxylation is 1. The quantitative estimate of drug-likeness (QED) is 0.924. The van der Waals surface area contributed by atoms with E-state index >= 15 is 0 Å². The highest BCUT2D eigenvalue weighted by molar-refractivity contribution is 5.85. The zero-order valence-corrected chi connectivity index (χ0v) is 14.5. The molecular weight excluding hydrogens is 316 g/mol. The van der Waals surface area contributed by atoms with Crippen molar-refractivity contribution in [3.63, 3.8) is 0 Å². The van der Waals surface area contributed by atoms with E-state index in [1.807, 2.05) is 38.1 Å². The topological polar surface area (TPSA) is 63.4 Å². The van der Waals surface area contributed by atoms with Gasteiger partial charge in [0.05, 0.1) is 6.04 Å². The highest BCUT2D eigenvalue weighted by atomic mass is 35.5. The third kappa shape index (κ3) is 4.22. The molecule has 0 saturated carbocycles. The van der Waals surface area contributed by atoms with Gasteiger partial charge in [-0.3, -0.25) is 4.90 Å². The Morgan fingerprint density at radius 2 is 2.26 bits per heavy atom. The fraction of sp³-hybridized carbons (Fsp3) is 0.500. The maximum Gasteiger partial charge on any atom is 0.267 e. The second-order valence-electron chi connectivity index (χ2n) is 5.77. The van der Waals surface area contributed by atoms with Crippen molar-refractivity contribution in [3.8, 4) is 5.75 Å². The van der Waals surface area contributed by atoms with Crippen LogP contribution in [0.5, 0.6) is 5.75 Å². The minimum Gasteiger partial charge on any atom is -0.481 e.